The maximum atomic E-state index is 12.7. The van der Waals surface area contributed by atoms with Gasteiger partial charge in [0.15, 0.2) is 5.22 Å². The fourth-order valence-corrected chi connectivity index (χ4v) is 2.38. The van der Waals surface area contributed by atoms with Gasteiger partial charge in [-0.2, -0.15) is 13.2 Å². The number of furan rings is 1. The molecular weight excluding hydrogens is 303 g/mol. The van der Waals surface area contributed by atoms with Gasteiger partial charge in [0.1, 0.15) is 5.76 Å². The number of hydrogen-bond acceptors (Lipinski definition) is 2. The van der Waals surface area contributed by atoms with Crippen molar-refractivity contribution < 1.29 is 17.6 Å². The molecule has 0 aliphatic rings. The van der Waals surface area contributed by atoms with E-state index in [2.05, 4.69) is 5.32 Å². The molecule has 0 amide bonds. The SMILES string of the molecule is CCNC(c1ccc(Cl)o1)c1ccc(C(F)(F)F)cc1C. The molecule has 21 heavy (non-hydrogen) atoms. The lowest BCUT2D eigenvalue weighted by molar-refractivity contribution is -0.137. The Hall–Kier alpha value is -1.46. The van der Waals surface area contributed by atoms with E-state index in [0.717, 1.165) is 17.7 Å². The molecular formula is C15H15ClF3NO. The van der Waals surface area contributed by atoms with Crippen LogP contribution in [0, 0.1) is 6.92 Å². The van der Waals surface area contributed by atoms with E-state index in [-0.39, 0.29) is 11.3 Å². The number of alkyl halides is 3. The lowest BCUT2D eigenvalue weighted by atomic mass is 9.97. The van der Waals surface area contributed by atoms with E-state index in [0.29, 0.717) is 17.9 Å². The Morgan fingerprint density at radius 2 is 1.95 bits per heavy atom. The van der Waals surface area contributed by atoms with Gasteiger partial charge in [-0.05, 0) is 60.5 Å². The summed E-state index contributed by atoms with van der Waals surface area (Å²) in [5.41, 5.74) is 0.621. The third-order valence-corrected chi connectivity index (χ3v) is 3.40. The van der Waals surface area contributed by atoms with E-state index in [1.165, 1.54) is 6.07 Å². The highest BCUT2D eigenvalue weighted by atomic mass is 35.5. The third kappa shape index (κ3) is 3.60. The Morgan fingerprint density at radius 3 is 2.43 bits per heavy atom. The van der Waals surface area contributed by atoms with Crippen LogP contribution in [0.1, 0.15) is 35.4 Å². The molecule has 0 bridgehead atoms. The standard InChI is InChI=1S/C15H15ClF3NO/c1-3-20-14(12-6-7-13(16)21-12)11-5-4-10(8-9(11)2)15(17,18)19/h4-8,14,20H,3H2,1-2H3. The van der Waals surface area contributed by atoms with Gasteiger partial charge in [0.2, 0.25) is 0 Å². The molecule has 0 spiro atoms. The summed E-state index contributed by atoms with van der Waals surface area (Å²) in [4.78, 5) is 0. The third-order valence-electron chi connectivity index (χ3n) is 3.19. The number of rotatable bonds is 4. The maximum absolute atomic E-state index is 12.7. The van der Waals surface area contributed by atoms with Gasteiger partial charge < -0.3 is 9.73 Å². The lowest BCUT2D eigenvalue weighted by Gasteiger charge is -2.19. The normalized spacial score (nSPS) is 13.4. The van der Waals surface area contributed by atoms with Crippen molar-refractivity contribution in [1.82, 2.24) is 5.32 Å². The van der Waals surface area contributed by atoms with Crippen molar-refractivity contribution in [3.63, 3.8) is 0 Å². The molecule has 1 heterocycles. The molecule has 0 saturated carbocycles. The number of aryl methyl sites for hydroxylation is 1. The van der Waals surface area contributed by atoms with E-state index in [1.807, 2.05) is 6.92 Å². The van der Waals surface area contributed by atoms with Crippen LogP contribution in [0.5, 0.6) is 0 Å². The summed E-state index contributed by atoms with van der Waals surface area (Å²) in [5, 5.41) is 3.44. The first-order valence-corrected chi connectivity index (χ1v) is 6.87. The van der Waals surface area contributed by atoms with E-state index in [1.54, 1.807) is 19.1 Å². The van der Waals surface area contributed by atoms with Crippen molar-refractivity contribution in [2.24, 2.45) is 0 Å². The van der Waals surface area contributed by atoms with Crippen molar-refractivity contribution in [3.05, 3.63) is 58.0 Å². The van der Waals surface area contributed by atoms with Crippen molar-refractivity contribution in [2.75, 3.05) is 6.54 Å². The molecule has 1 N–H and O–H groups in total. The number of halogens is 4. The molecule has 0 aliphatic heterocycles. The van der Waals surface area contributed by atoms with Crippen molar-refractivity contribution >= 4 is 11.6 Å². The van der Waals surface area contributed by atoms with Gasteiger partial charge in [0.05, 0.1) is 11.6 Å². The van der Waals surface area contributed by atoms with Crippen molar-refractivity contribution in [2.45, 2.75) is 26.1 Å². The van der Waals surface area contributed by atoms with Crippen LogP contribution in [0.15, 0.2) is 34.7 Å². The van der Waals surface area contributed by atoms with Crippen LogP contribution >= 0.6 is 11.6 Å². The van der Waals surface area contributed by atoms with Gasteiger partial charge >= 0.3 is 6.18 Å². The second-order valence-corrected chi connectivity index (χ2v) is 5.07. The van der Waals surface area contributed by atoms with Crippen LogP contribution in [-0.2, 0) is 6.18 Å². The Kier molecular flexibility index (Phi) is 4.64. The van der Waals surface area contributed by atoms with Crippen LogP contribution in [0.25, 0.3) is 0 Å². The molecule has 2 rings (SSSR count). The predicted octanol–water partition coefficient (Wildman–Crippen LogP) is 4.96. The van der Waals surface area contributed by atoms with Crippen LogP contribution in [0.2, 0.25) is 5.22 Å². The zero-order valence-corrected chi connectivity index (χ0v) is 12.3. The monoisotopic (exact) mass is 317 g/mol. The quantitative estimate of drug-likeness (QED) is 0.862. The first kappa shape index (κ1) is 15.9. The van der Waals surface area contributed by atoms with Gasteiger partial charge in [-0.1, -0.05) is 13.0 Å². The van der Waals surface area contributed by atoms with E-state index in [9.17, 15) is 13.2 Å². The molecule has 0 fully saturated rings. The molecule has 2 nitrogen and oxygen atoms in total. The summed E-state index contributed by atoms with van der Waals surface area (Å²) in [6, 6.07) is 6.70. The fraction of sp³-hybridized carbons (Fsp3) is 0.333. The first-order chi connectivity index (χ1) is 9.82. The van der Waals surface area contributed by atoms with Crippen molar-refractivity contribution in [3.8, 4) is 0 Å². The second kappa shape index (κ2) is 6.12. The first-order valence-electron chi connectivity index (χ1n) is 6.49. The molecule has 1 unspecified atom stereocenters. The van der Waals surface area contributed by atoms with Crippen LogP contribution in [-0.4, -0.2) is 6.54 Å². The Labute approximate surface area is 125 Å². The minimum atomic E-state index is -4.34. The highest BCUT2D eigenvalue weighted by Gasteiger charge is 2.31. The van der Waals surface area contributed by atoms with Crippen LogP contribution < -0.4 is 5.32 Å². The minimum absolute atomic E-state index is 0.248. The fourth-order valence-electron chi connectivity index (χ4n) is 2.23. The minimum Gasteiger partial charge on any atom is -0.448 e. The highest BCUT2D eigenvalue weighted by Crippen LogP contribution is 2.33. The zero-order valence-electron chi connectivity index (χ0n) is 11.6. The number of hydrogen-bond donors (Lipinski definition) is 1. The lowest BCUT2D eigenvalue weighted by Crippen LogP contribution is -2.22. The molecule has 1 aromatic heterocycles. The smallest absolute Gasteiger partial charge is 0.416 e. The molecule has 0 aliphatic carbocycles. The maximum Gasteiger partial charge on any atom is 0.416 e. The van der Waals surface area contributed by atoms with E-state index >= 15 is 0 Å². The molecule has 1 atom stereocenters. The van der Waals surface area contributed by atoms with E-state index < -0.39 is 11.7 Å². The Balaban J connectivity index is 2.42. The van der Waals surface area contributed by atoms with Crippen molar-refractivity contribution in [1.29, 1.82) is 0 Å². The van der Waals surface area contributed by atoms with Gasteiger partial charge in [-0.3, -0.25) is 0 Å². The predicted molar refractivity (Wildman–Crippen MR) is 75.4 cm³/mol. The molecule has 2 aromatic rings. The second-order valence-electron chi connectivity index (χ2n) is 4.70. The molecule has 114 valence electrons. The summed E-state index contributed by atoms with van der Waals surface area (Å²) >= 11 is 5.77. The summed E-state index contributed by atoms with van der Waals surface area (Å²) in [6.45, 7) is 4.21. The molecule has 6 heteroatoms. The highest BCUT2D eigenvalue weighted by molar-refractivity contribution is 6.28. The largest absolute Gasteiger partial charge is 0.448 e. The molecule has 0 saturated heterocycles. The van der Waals surface area contributed by atoms with Gasteiger partial charge in [0, 0.05) is 0 Å². The average molecular weight is 318 g/mol. The average Bonchev–Trinajstić information content (AvgIpc) is 2.82. The summed E-state index contributed by atoms with van der Waals surface area (Å²) in [6.07, 6.45) is -4.34. The number of nitrogens with one attached hydrogen (secondary N) is 1. The Bertz CT molecular complexity index is 622. The molecule has 0 radical (unpaired) electrons. The van der Waals surface area contributed by atoms with Crippen LogP contribution in [0.4, 0.5) is 13.2 Å². The van der Waals surface area contributed by atoms with Gasteiger partial charge in [0.25, 0.3) is 0 Å². The zero-order chi connectivity index (χ0) is 15.6. The Morgan fingerprint density at radius 1 is 1.24 bits per heavy atom. The number of benzene rings is 1. The van der Waals surface area contributed by atoms with E-state index in [4.69, 9.17) is 16.0 Å². The summed E-state index contributed by atoms with van der Waals surface area (Å²) in [5.74, 6) is 0.574. The topological polar surface area (TPSA) is 25.2 Å². The van der Waals surface area contributed by atoms with Crippen LogP contribution in [0.3, 0.4) is 0 Å². The van der Waals surface area contributed by atoms with Gasteiger partial charge in [-0.25, -0.2) is 0 Å². The van der Waals surface area contributed by atoms with Gasteiger partial charge in [-0.15, -0.1) is 0 Å². The summed E-state index contributed by atoms with van der Waals surface area (Å²) in [7, 11) is 0. The summed E-state index contributed by atoms with van der Waals surface area (Å²) < 4.78 is 43.6. The molecule has 1 aromatic carbocycles.